The smallest absolute Gasteiger partial charge is 0.270 e. The molecule has 0 atom stereocenters. The van der Waals surface area contributed by atoms with Gasteiger partial charge in [0.05, 0.1) is 16.1 Å². The average molecular weight is 423 g/mol. The lowest BCUT2D eigenvalue weighted by molar-refractivity contribution is -0.384. The lowest BCUT2D eigenvalue weighted by Gasteiger charge is -2.35. The van der Waals surface area contributed by atoms with Crippen LogP contribution < -0.4 is 0 Å². The van der Waals surface area contributed by atoms with Crippen molar-refractivity contribution in [2.24, 2.45) is 0 Å². The molecule has 2 aliphatic heterocycles. The molecule has 1 fully saturated rings. The summed E-state index contributed by atoms with van der Waals surface area (Å²) in [5.74, 6) is -1.98. The van der Waals surface area contributed by atoms with Gasteiger partial charge in [-0.25, -0.2) is 0 Å². The second-order valence-corrected chi connectivity index (χ2v) is 7.09. The molecule has 1 aromatic heterocycles. The van der Waals surface area contributed by atoms with Crippen molar-refractivity contribution < 1.29 is 24.1 Å². The number of nitro groups is 1. The average Bonchev–Trinajstić information content (AvgIpc) is 3.03. The molecule has 0 saturated carbocycles. The van der Waals surface area contributed by atoms with Gasteiger partial charge in [0.2, 0.25) is 5.91 Å². The highest BCUT2D eigenvalue weighted by Gasteiger charge is 2.39. The Hall–Kier alpha value is -4.15. The van der Waals surface area contributed by atoms with Crippen LogP contribution in [0.1, 0.15) is 31.1 Å². The van der Waals surface area contributed by atoms with Crippen molar-refractivity contribution in [2.45, 2.75) is 0 Å². The fraction of sp³-hybridized carbons (Fsp3) is 0.250. The third-order valence-corrected chi connectivity index (χ3v) is 5.31. The van der Waals surface area contributed by atoms with E-state index < -0.39 is 29.2 Å². The van der Waals surface area contributed by atoms with E-state index in [4.69, 9.17) is 0 Å². The predicted octanol–water partition coefficient (Wildman–Crippen LogP) is 0.570. The summed E-state index contributed by atoms with van der Waals surface area (Å²) < 4.78 is 0. The molecule has 1 saturated heterocycles. The van der Waals surface area contributed by atoms with Gasteiger partial charge >= 0.3 is 0 Å². The summed E-state index contributed by atoms with van der Waals surface area (Å²) in [7, 11) is 0. The zero-order valence-electron chi connectivity index (χ0n) is 16.3. The largest absolute Gasteiger partial charge is 0.338 e. The number of nitrogens with zero attached hydrogens (tertiary/aromatic N) is 5. The van der Waals surface area contributed by atoms with Crippen molar-refractivity contribution in [1.29, 1.82) is 0 Å². The van der Waals surface area contributed by atoms with E-state index in [0.717, 1.165) is 17.0 Å². The van der Waals surface area contributed by atoms with Crippen molar-refractivity contribution in [2.75, 3.05) is 32.7 Å². The van der Waals surface area contributed by atoms with Crippen molar-refractivity contribution >= 4 is 29.3 Å². The van der Waals surface area contributed by atoms with Gasteiger partial charge in [-0.2, -0.15) is 0 Å². The number of amides is 4. The molecule has 0 N–H and O–H groups in total. The highest BCUT2D eigenvalue weighted by Crippen LogP contribution is 2.26. The number of fused-ring (bicyclic) bond motifs is 1. The third kappa shape index (κ3) is 3.72. The third-order valence-electron chi connectivity index (χ3n) is 5.31. The molecule has 2 aromatic rings. The van der Waals surface area contributed by atoms with Gasteiger partial charge in [0, 0.05) is 56.3 Å². The Morgan fingerprint density at radius 1 is 0.935 bits per heavy atom. The van der Waals surface area contributed by atoms with Crippen molar-refractivity contribution in [3.8, 4) is 0 Å². The van der Waals surface area contributed by atoms with Crippen LogP contribution in [0.5, 0.6) is 0 Å². The number of hydrogen-bond donors (Lipinski definition) is 0. The monoisotopic (exact) mass is 423 g/mol. The lowest BCUT2D eigenvalue weighted by atomic mass is 10.1. The van der Waals surface area contributed by atoms with Gasteiger partial charge in [0.15, 0.2) is 0 Å². The first-order valence-corrected chi connectivity index (χ1v) is 9.48. The van der Waals surface area contributed by atoms with E-state index in [1.165, 1.54) is 23.4 Å². The maximum Gasteiger partial charge on any atom is 0.270 e. The Balaban J connectivity index is 1.38. The SMILES string of the molecule is O=C(CN1C(=O)c2ccc([N+](=O)[O-])cc2C1=O)N1CCN(C(=O)c2ccncc2)CC1. The Morgan fingerprint density at radius 3 is 2.19 bits per heavy atom. The molecular formula is C20H17N5O6. The van der Waals surface area contributed by atoms with E-state index in [9.17, 15) is 29.3 Å². The van der Waals surface area contributed by atoms with Gasteiger partial charge in [0.1, 0.15) is 6.54 Å². The van der Waals surface area contributed by atoms with Crippen LogP contribution in [-0.4, -0.2) is 81.0 Å². The zero-order valence-corrected chi connectivity index (χ0v) is 16.3. The Labute approximate surface area is 176 Å². The van der Waals surface area contributed by atoms with Gasteiger partial charge in [-0.3, -0.25) is 39.2 Å². The van der Waals surface area contributed by atoms with E-state index in [2.05, 4.69) is 4.98 Å². The second-order valence-electron chi connectivity index (χ2n) is 7.09. The van der Waals surface area contributed by atoms with E-state index >= 15 is 0 Å². The molecule has 0 unspecified atom stereocenters. The standard InChI is InChI=1S/C20H17N5O6/c26-17(22-7-9-23(10-8-22)18(27)13-3-5-21-6-4-13)12-24-19(28)15-2-1-14(25(30)31)11-16(15)20(24)29/h1-6,11H,7-10,12H2. The molecule has 3 heterocycles. The molecule has 0 spiro atoms. The topological polar surface area (TPSA) is 134 Å². The van der Waals surface area contributed by atoms with Crippen LogP contribution in [0.15, 0.2) is 42.7 Å². The molecule has 0 bridgehead atoms. The minimum atomic E-state index is -0.733. The van der Waals surface area contributed by atoms with Crippen LogP contribution in [0.2, 0.25) is 0 Å². The number of non-ortho nitro benzene ring substituents is 1. The zero-order chi connectivity index (χ0) is 22.1. The number of piperazine rings is 1. The Morgan fingerprint density at radius 2 is 1.55 bits per heavy atom. The minimum absolute atomic E-state index is 0.0381. The fourth-order valence-electron chi connectivity index (χ4n) is 3.61. The predicted molar refractivity (Wildman–Crippen MR) is 105 cm³/mol. The van der Waals surface area contributed by atoms with Crippen LogP contribution in [-0.2, 0) is 4.79 Å². The molecule has 0 aliphatic carbocycles. The van der Waals surface area contributed by atoms with E-state index in [0.29, 0.717) is 18.7 Å². The number of pyridine rings is 1. The van der Waals surface area contributed by atoms with Crippen LogP contribution in [0.3, 0.4) is 0 Å². The summed E-state index contributed by atoms with van der Waals surface area (Å²) in [4.78, 5) is 68.3. The number of benzene rings is 1. The highest BCUT2D eigenvalue weighted by molar-refractivity contribution is 6.22. The molecule has 158 valence electrons. The number of imide groups is 1. The molecular weight excluding hydrogens is 406 g/mol. The molecule has 0 radical (unpaired) electrons. The normalized spacial score (nSPS) is 15.8. The minimum Gasteiger partial charge on any atom is -0.338 e. The van der Waals surface area contributed by atoms with E-state index in [-0.39, 0.29) is 35.8 Å². The highest BCUT2D eigenvalue weighted by atomic mass is 16.6. The van der Waals surface area contributed by atoms with Crippen molar-refractivity contribution in [3.05, 3.63) is 69.5 Å². The van der Waals surface area contributed by atoms with Crippen molar-refractivity contribution in [3.63, 3.8) is 0 Å². The summed E-state index contributed by atoms with van der Waals surface area (Å²) in [6, 6.07) is 6.65. The molecule has 4 amide bonds. The van der Waals surface area contributed by atoms with Crippen LogP contribution in [0, 0.1) is 10.1 Å². The first kappa shape index (κ1) is 20.1. The number of rotatable bonds is 4. The quantitative estimate of drug-likeness (QED) is 0.399. The summed E-state index contributed by atoms with van der Waals surface area (Å²) in [5.41, 5.74) is 0.161. The van der Waals surface area contributed by atoms with E-state index in [1.807, 2.05) is 0 Å². The second kappa shape index (κ2) is 7.94. The van der Waals surface area contributed by atoms with Gasteiger partial charge in [-0.1, -0.05) is 0 Å². The van der Waals surface area contributed by atoms with Crippen molar-refractivity contribution in [1.82, 2.24) is 19.7 Å². The fourth-order valence-corrected chi connectivity index (χ4v) is 3.61. The van der Waals surface area contributed by atoms with Gasteiger partial charge in [-0.05, 0) is 18.2 Å². The first-order chi connectivity index (χ1) is 14.9. The van der Waals surface area contributed by atoms with Gasteiger partial charge < -0.3 is 9.80 Å². The number of carbonyl (C=O) groups excluding carboxylic acids is 4. The summed E-state index contributed by atoms with van der Waals surface area (Å²) in [5, 5.41) is 10.9. The molecule has 1 aromatic carbocycles. The van der Waals surface area contributed by atoms with Gasteiger partial charge in [0.25, 0.3) is 23.4 Å². The van der Waals surface area contributed by atoms with Crippen LogP contribution in [0.25, 0.3) is 0 Å². The number of carbonyl (C=O) groups is 4. The number of aromatic nitrogens is 1. The molecule has 4 rings (SSSR count). The lowest BCUT2D eigenvalue weighted by Crippen LogP contribution is -2.53. The van der Waals surface area contributed by atoms with Crippen LogP contribution in [0.4, 0.5) is 5.69 Å². The van der Waals surface area contributed by atoms with Crippen LogP contribution >= 0.6 is 0 Å². The molecule has 11 nitrogen and oxygen atoms in total. The first-order valence-electron chi connectivity index (χ1n) is 9.48. The molecule has 11 heteroatoms. The Bertz CT molecular complexity index is 1090. The summed E-state index contributed by atoms with van der Waals surface area (Å²) >= 11 is 0. The molecule has 2 aliphatic rings. The molecule has 31 heavy (non-hydrogen) atoms. The Kier molecular flexibility index (Phi) is 5.15. The van der Waals surface area contributed by atoms with Gasteiger partial charge in [-0.15, -0.1) is 0 Å². The number of hydrogen-bond acceptors (Lipinski definition) is 7. The maximum atomic E-state index is 12.7. The van der Waals surface area contributed by atoms with E-state index in [1.54, 1.807) is 17.0 Å². The summed E-state index contributed by atoms with van der Waals surface area (Å²) in [6.07, 6.45) is 3.06. The summed E-state index contributed by atoms with van der Waals surface area (Å²) in [6.45, 7) is 0.718. The number of nitro benzene ring substituents is 1. The maximum absolute atomic E-state index is 12.7.